The number of thioether (sulfide) groups is 1. The van der Waals surface area contributed by atoms with Gasteiger partial charge < -0.3 is 14.6 Å². The summed E-state index contributed by atoms with van der Waals surface area (Å²) in [4.78, 5) is 37.1. The molecule has 10 nitrogen and oxygen atoms in total. The number of carbonyl (C=O) groups is 1. The van der Waals surface area contributed by atoms with Crippen LogP contribution in [0, 0.1) is 0 Å². The molecule has 0 aromatic carbocycles. The zero-order valence-electron chi connectivity index (χ0n) is 14.7. The maximum atomic E-state index is 12.6. The molecule has 0 fully saturated rings. The third-order valence-electron chi connectivity index (χ3n) is 3.77. The molecule has 0 saturated heterocycles. The Hall–Kier alpha value is -3.08. The van der Waals surface area contributed by atoms with E-state index in [4.69, 9.17) is 14.6 Å². The van der Waals surface area contributed by atoms with Gasteiger partial charge in [0.15, 0.2) is 11.5 Å². The van der Waals surface area contributed by atoms with E-state index >= 15 is 0 Å². The molecular formula is C16H17N5O5S. The molecule has 0 spiro atoms. The summed E-state index contributed by atoms with van der Waals surface area (Å²) in [6.07, 6.45) is 2.10. The van der Waals surface area contributed by atoms with Gasteiger partial charge in [-0.15, -0.1) is 10.2 Å². The van der Waals surface area contributed by atoms with E-state index in [2.05, 4.69) is 10.2 Å². The SMILES string of the molecule is CCCn1c(N)c(C(=O)CSc2nnc(-c3ccco3)o2)c(=O)n(C)c1=O. The van der Waals surface area contributed by atoms with Crippen LogP contribution in [0.15, 0.2) is 42.0 Å². The Morgan fingerprint density at radius 2 is 2.11 bits per heavy atom. The van der Waals surface area contributed by atoms with Crippen LogP contribution in [0.1, 0.15) is 23.7 Å². The number of aromatic nitrogens is 4. The molecule has 3 heterocycles. The van der Waals surface area contributed by atoms with Crippen molar-refractivity contribution in [3.05, 3.63) is 44.8 Å². The molecule has 0 atom stereocenters. The third kappa shape index (κ3) is 3.58. The van der Waals surface area contributed by atoms with Gasteiger partial charge in [0.1, 0.15) is 11.4 Å². The van der Waals surface area contributed by atoms with Gasteiger partial charge in [-0.3, -0.25) is 18.7 Å². The fourth-order valence-corrected chi connectivity index (χ4v) is 3.09. The van der Waals surface area contributed by atoms with E-state index in [0.717, 1.165) is 16.3 Å². The van der Waals surface area contributed by atoms with Gasteiger partial charge in [0, 0.05) is 13.6 Å². The summed E-state index contributed by atoms with van der Waals surface area (Å²) < 4.78 is 12.7. The van der Waals surface area contributed by atoms with Crippen molar-refractivity contribution >= 4 is 23.4 Å². The molecule has 0 radical (unpaired) electrons. The number of hydrogen-bond donors (Lipinski definition) is 1. The molecule has 3 aromatic heterocycles. The van der Waals surface area contributed by atoms with Crippen molar-refractivity contribution in [2.45, 2.75) is 25.1 Å². The van der Waals surface area contributed by atoms with E-state index in [1.54, 1.807) is 12.1 Å². The normalized spacial score (nSPS) is 11.0. The summed E-state index contributed by atoms with van der Waals surface area (Å²) in [6.45, 7) is 2.17. The highest BCUT2D eigenvalue weighted by atomic mass is 32.2. The Morgan fingerprint density at radius 3 is 2.78 bits per heavy atom. The van der Waals surface area contributed by atoms with Crippen LogP contribution in [-0.4, -0.2) is 30.9 Å². The standard InChI is InChI=1S/C16H17N5O5S/c1-3-6-21-12(17)11(14(23)20(2)16(21)24)9(22)8-27-15-19-18-13(26-15)10-5-4-7-25-10/h4-5,7H,3,6,8,17H2,1-2H3. The predicted molar refractivity (Wildman–Crippen MR) is 97.7 cm³/mol. The van der Waals surface area contributed by atoms with Crippen molar-refractivity contribution in [2.75, 3.05) is 11.5 Å². The molecule has 3 aromatic rings. The van der Waals surface area contributed by atoms with Crippen LogP contribution in [0.25, 0.3) is 11.7 Å². The number of anilines is 1. The minimum Gasteiger partial charge on any atom is -0.459 e. The molecule has 2 N–H and O–H groups in total. The summed E-state index contributed by atoms with van der Waals surface area (Å²) >= 11 is 0.966. The molecule has 0 unspecified atom stereocenters. The molecule has 0 saturated carbocycles. The maximum Gasteiger partial charge on any atom is 0.332 e. The highest BCUT2D eigenvalue weighted by Crippen LogP contribution is 2.24. The minimum absolute atomic E-state index is 0.127. The first kappa shape index (κ1) is 18.7. The van der Waals surface area contributed by atoms with Gasteiger partial charge in [-0.1, -0.05) is 18.7 Å². The second-order valence-electron chi connectivity index (χ2n) is 5.62. The van der Waals surface area contributed by atoms with Gasteiger partial charge in [-0.2, -0.15) is 0 Å². The zero-order valence-corrected chi connectivity index (χ0v) is 15.5. The van der Waals surface area contributed by atoms with Gasteiger partial charge in [0.25, 0.3) is 16.7 Å². The first-order chi connectivity index (χ1) is 12.9. The molecule has 0 aliphatic heterocycles. The lowest BCUT2D eigenvalue weighted by Crippen LogP contribution is -2.42. The van der Waals surface area contributed by atoms with Gasteiger partial charge >= 0.3 is 5.69 Å². The first-order valence-corrected chi connectivity index (χ1v) is 9.05. The lowest BCUT2D eigenvalue weighted by atomic mass is 10.2. The van der Waals surface area contributed by atoms with Gasteiger partial charge in [0.05, 0.1) is 12.0 Å². The third-order valence-corrected chi connectivity index (χ3v) is 4.59. The minimum atomic E-state index is -0.725. The Balaban J connectivity index is 1.83. The van der Waals surface area contributed by atoms with E-state index in [-0.39, 0.29) is 28.2 Å². The van der Waals surface area contributed by atoms with Crippen molar-refractivity contribution in [2.24, 2.45) is 7.05 Å². The molecule has 0 aliphatic carbocycles. The predicted octanol–water partition coefficient (Wildman–Crippen LogP) is 1.16. The maximum absolute atomic E-state index is 12.6. The fraction of sp³-hybridized carbons (Fsp3) is 0.312. The highest BCUT2D eigenvalue weighted by Gasteiger charge is 2.22. The van der Waals surface area contributed by atoms with Crippen molar-refractivity contribution < 1.29 is 13.6 Å². The van der Waals surface area contributed by atoms with E-state index in [0.29, 0.717) is 18.7 Å². The largest absolute Gasteiger partial charge is 0.459 e. The van der Waals surface area contributed by atoms with E-state index in [1.807, 2.05) is 6.92 Å². The summed E-state index contributed by atoms with van der Waals surface area (Å²) in [7, 11) is 1.31. The lowest BCUT2D eigenvalue weighted by molar-refractivity contribution is 0.102. The van der Waals surface area contributed by atoms with Crippen LogP contribution in [-0.2, 0) is 13.6 Å². The summed E-state index contributed by atoms with van der Waals surface area (Å²) in [5.74, 6) is -0.214. The molecule has 0 amide bonds. The number of rotatable bonds is 7. The number of Topliss-reactive ketones (excluding diaryl/α,β-unsaturated/α-hetero) is 1. The lowest BCUT2D eigenvalue weighted by Gasteiger charge is -2.13. The number of ketones is 1. The van der Waals surface area contributed by atoms with Crippen molar-refractivity contribution in [3.8, 4) is 11.7 Å². The van der Waals surface area contributed by atoms with E-state index in [1.165, 1.54) is 17.9 Å². The van der Waals surface area contributed by atoms with Crippen LogP contribution in [0.5, 0.6) is 0 Å². The Labute approximate surface area is 157 Å². The van der Waals surface area contributed by atoms with Gasteiger partial charge in [-0.05, 0) is 18.6 Å². The van der Waals surface area contributed by atoms with Crippen LogP contribution in [0.2, 0.25) is 0 Å². The second-order valence-corrected chi connectivity index (χ2v) is 6.55. The fourth-order valence-electron chi connectivity index (χ4n) is 2.45. The summed E-state index contributed by atoms with van der Waals surface area (Å²) in [6, 6.07) is 3.34. The van der Waals surface area contributed by atoms with E-state index < -0.39 is 17.0 Å². The van der Waals surface area contributed by atoms with Crippen LogP contribution in [0.4, 0.5) is 5.82 Å². The topological polar surface area (TPSA) is 139 Å². The van der Waals surface area contributed by atoms with Gasteiger partial charge in [-0.25, -0.2) is 4.79 Å². The zero-order chi connectivity index (χ0) is 19.6. The summed E-state index contributed by atoms with van der Waals surface area (Å²) in [5.41, 5.74) is 4.44. The van der Waals surface area contributed by atoms with Crippen LogP contribution in [0.3, 0.4) is 0 Å². The second kappa shape index (κ2) is 7.66. The number of hydrogen-bond acceptors (Lipinski definition) is 9. The van der Waals surface area contributed by atoms with Crippen LogP contribution < -0.4 is 17.0 Å². The molecular weight excluding hydrogens is 374 g/mol. The molecule has 142 valence electrons. The molecule has 27 heavy (non-hydrogen) atoms. The Morgan fingerprint density at radius 1 is 1.33 bits per heavy atom. The van der Waals surface area contributed by atoms with E-state index in [9.17, 15) is 14.4 Å². The Kier molecular flexibility index (Phi) is 5.31. The molecule has 0 bridgehead atoms. The van der Waals surface area contributed by atoms with Crippen molar-refractivity contribution in [1.29, 1.82) is 0 Å². The number of nitrogens with zero attached hydrogens (tertiary/aromatic N) is 4. The van der Waals surface area contributed by atoms with Crippen molar-refractivity contribution in [1.82, 2.24) is 19.3 Å². The van der Waals surface area contributed by atoms with Crippen molar-refractivity contribution in [3.63, 3.8) is 0 Å². The number of nitrogens with two attached hydrogens (primary N) is 1. The average molecular weight is 391 g/mol. The summed E-state index contributed by atoms with van der Waals surface area (Å²) in [5, 5.41) is 7.80. The monoisotopic (exact) mass is 391 g/mol. The first-order valence-electron chi connectivity index (χ1n) is 8.06. The number of nitrogen functional groups attached to an aromatic ring is 1. The number of furan rings is 1. The van der Waals surface area contributed by atoms with Gasteiger partial charge in [0.2, 0.25) is 0 Å². The molecule has 3 rings (SSSR count). The quantitative estimate of drug-likeness (QED) is 0.464. The Bertz CT molecular complexity index is 1080. The smallest absolute Gasteiger partial charge is 0.332 e. The average Bonchev–Trinajstić information content (AvgIpc) is 3.33. The van der Waals surface area contributed by atoms with Crippen LogP contribution >= 0.6 is 11.8 Å². The molecule has 0 aliphatic rings. The highest BCUT2D eigenvalue weighted by molar-refractivity contribution is 7.99. The number of carbonyl (C=O) groups excluding carboxylic acids is 1. The molecule has 11 heteroatoms.